The standard InChI is InChI=1S/C72H54N4/c1-45(2)47-33-37-53(38-34-47)73(51-25-13-7-14-26-51)61-43-41-57-67-63(49-21-9-5-10-22-49)72-68(64(50-23-11-6-12-24-50)71(67)75-59-31-19-17-29-55(59)65(61)69(57)75)58-42-44-62(66-56-30-18-20-32-60(56)76(72)70(58)66)74(52-27-15-8-16-28-52)54-39-35-48(36-40-54)46(3)4/h5-46H,1-4H3/i7D,8D,13D,14D,15D,16D,25D,26D,27D,28D. The molecule has 0 atom stereocenters. The smallest absolute Gasteiger partial charge is 0.0645 e. The van der Waals surface area contributed by atoms with Gasteiger partial charge in [-0.05, 0) is 107 Å². The van der Waals surface area contributed by atoms with E-state index in [9.17, 15) is 5.48 Å². The fourth-order valence-electron chi connectivity index (χ4n) is 12.4. The van der Waals surface area contributed by atoms with Crippen molar-refractivity contribution in [2.75, 3.05) is 9.80 Å². The van der Waals surface area contributed by atoms with E-state index in [0.717, 1.165) is 110 Å². The van der Waals surface area contributed by atoms with Crippen molar-refractivity contribution in [1.29, 1.82) is 0 Å². The molecule has 4 nitrogen and oxygen atoms in total. The predicted molar refractivity (Wildman–Crippen MR) is 324 cm³/mol. The van der Waals surface area contributed by atoms with Crippen LogP contribution in [0, 0.1) is 0 Å². The summed E-state index contributed by atoms with van der Waals surface area (Å²) in [5.41, 5.74) is 14.4. The Kier molecular flexibility index (Phi) is 7.86. The number of rotatable bonds is 10. The van der Waals surface area contributed by atoms with E-state index in [0.29, 0.717) is 22.7 Å². The van der Waals surface area contributed by atoms with Gasteiger partial charge in [-0.2, -0.15) is 0 Å². The van der Waals surface area contributed by atoms with E-state index in [4.69, 9.17) is 8.22 Å². The van der Waals surface area contributed by atoms with Crippen molar-refractivity contribution < 1.29 is 13.7 Å². The summed E-state index contributed by atoms with van der Waals surface area (Å²) in [6.07, 6.45) is 0. The SMILES string of the molecule is [2H]c1c([2H])c([2H])c(N(c2ccc(C(C)C)cc2)c2ccc3c4c(-c5ccccc5)c5c(c(-c6ccccc6)c4n4c6ccccc6c2c34)c2ccc(N(c3ccc(C(C)C)cc3)c3c([2H])c([2H])c([2H])c([2H])c3[2H])c3c4ccccc4n5c23)c([2H])c1[2H]. The Morgan fingerprint density at radius 1 is 0.329 bits per heavy atom. The van der Waals surface area contributed by atoms with E-state index >= 15 is 0 Å². The minimum absolute atomic E-state index is 0.0436. The lowest BCUT2D eigenvalue weighted by atomic mass is 9.89. The lowest BCUT2D eigenvalue weighted by Gasteiger charge is -2.27. The summed E-state index contributed by atoms with van der Waals surface area (Å²) in [5, 5.41) is 7.41. The lowest BCUT2D eigenvalue weighted by Crippen LogP contribution is -2.10. The van der Waals surface area contributed by atoms with E-state index in [1.165, 1.54) is 0 Å². The molecule has 0 amide bonds. The van der Waals surface area contributed by atoms with Crippen LogP contribution in [0.2, 0.25) is 0 Å². The van der Waals surface area contributed by atoms with Gasteiger partial charge in [0.2, 0.25) is 0 Å². The van der Waals surface area contributed by atoms with Crippen molar-refractivity contribution in [1.82, 2.24) is 8.80 Å². The van der Waals surface area contributed by atoms with Crippen molar-refractivity contribution in [2.45, 2.75) is 39.5 Å². The average molecular weight is 985 g/mol. The van der Waals surface area contributed by atoms with Crippen molar-refractivity contribution in [2.24, 2.45) is 0 Å². The second-order valence-corrected chi connectivity index (χ2v) is 20.5. The normalized spacial score (nSPS) is 14.0. The van der Waals surface area contributed by atoms with Crippen molar-refractivity contribution >= 4 is 110 Å². The number of benzene rings is 11. The first-order valence-corrected chi connectivity index (χ1v) is 26.0. The van der Waals surface area contributed by atoms with Crippen LogP contribution in [-0.4, -0.2) is 8.80 Å². The third-order valence-corrected chi connectivity index (χ3v) is 15.7. The van der Waals surface area contributed by atoms with Crippen LogP contribution in [-0.2, 0) is 0 Å². The number of nitrogens with zero attached hydrogens (tertiary/aromatic N) is 4. The summed E-state index contributed by atoms with van der Waals surface area (Å²) in [6, 6.07) is 58.2. The van der Waals surface area contributed by atoms with E-state index in [1.54, 1.807) is 0 Å². The van der Waals surface area contributed by atoms with Gasteiger partial charge < -0.3 is 18.6 Å². The van der Waals surface area contributed by atoms with Gasteiger partial charge in [0, 0.05) is 77.0 Å². The number of fused-ring (bicyclic) bond motifs is 12. The van der Waals surface area contributed by atoms with Crippen molar-refractivity contribution in [3.63, 3.8) is 0 Å². The molecule has 15 aromatic rings. The molecule has 0 saturated heterocycles. The van der Waals surface area contributed by atoms with Crippen LogP contribution >= 0.6 is 0 Å². The molecular weight excluding hydrogens is 921 g/mol. The van der Waals surface area contributed by atoms with Gasteiger partial charge in [-0.3, -0.25) is 0 Å². The molecule has 4 heteroatoms. The first kappa shape index (κ1) is 34.9. The number of hydrogen-bond donors (Lipinski definition) is 0. The Balaban J connectivity index is 1.15. The Bertz CT molecular complexity index is 4900. The van der Waals surface area contributed by atoms with Gasteiger partial charge in [-0.25, -0.2) is 0 Å². The second-order valence-electron chi connectivity index (χ2n) is 20.5. The van der Waals surface area contributed by atoms with Crippen molar-refractivity contribution in [3.8, 4) is 22.3 Å². The zero-order chi connectivity index (χ0) is 59.5. The van der Waals surface area contributed by atoms with Gasteiger partial charge in [-0.1, -0.05) is 197 Å². The van der Waals surface area contributed by atoms with Gasteiger partial charge in [0.1, 0.15) is 0 Å². The van der Waals surface area contributed by atoms with Gasteiger partial charge in [0.15, 0.2) is 0 Å². The molecule has 0 aliphatic rings. The minimum Gasteiger partial charge on any atom is -0.310 e. The second kappa shape index (κ2) is 17.1. The summed E-state index contributed by atoms with van der Waals surface area (Å²) in [7, 11) is 0. The molecule has 0 aliphatic heterocycles. The monoisotopic (exact) mass is 984 g/mol. The summed E-state index contributed by atoms with van der Waals surface area (Å²) in [6.45, 7) is 8.51. The lowest BCUT2D eigenvalue weighted by molar-refractivity contribution is 0.866. The maximum atomic E-state index is 9.51. The van der Waals surface area contributed by atoms with E-state index in [2.05, 4.69) is 134 Å². The quantitative estimate of drug-likeness (QED) is 0.136. The van der Waals surface area contributed by atoms with Gasteiger partial charge in [0.25, 0.3) is 0 Å². The van der Waals surface area contributed by atoms with Crippen LogP contribution in [0.3, 0.4) is 0 Å². The zero-order valence-electron chi connectivity index (χ0n) is 52.3. The van der Waals surface area contributed by atoms with Crippen LogP contribution in [0.25, 0.3) is 98.4 Å². The number of para-hydroxylation sites is 4. The molecule has 0 aliphatic carbocycles. The van der Waals surface area contributed by atoms with Crippen LogP contribution in [0.1, 0.15) is 64.4 Å². The fourth-order valence-corrected chi connectivity index (χ4v) is 12.4. The third-order valence-electron chi connectivity index (χ3n) is 15.7. The first-order chi connectivity index (χ1) is 41.6. The topological polar surface area (TPSA) is 15.3 Å². The predicted octanol–water partition coefficient (Wildman–Crippen LogP) is 20.5. The Hall–Kier alpha value is -9.38. The van der Waals surface area contributed by atoms with E-state index in [-0.39, 0.29) is 47.4 Å². The summed E-state index contributed by atoms with van der Waals surface area (Å²) in [4.78, 5) is 3.70. The maximum absolute atomic E-state index is 9.51. The number of hydrogen-bond acceptors (Lipinski definition) is 2. The number of anilines is 6. The zero-order valence-corrected chi connectivity index (χ0v) is 42.3. The molecule has 4 aromatic heterocycles. The average Bonchev–Trinajstić information content (AvgIpc) is 1.62. The highest BCUT2D eigenvalue weighted by molar-refractivity contribution is 6.39. The molecule has 15 rings (SSSR count). The molecular formula is C72H54N4. The molecule has 0 unspecified atom stereocenters. The summed E-state index contributed by atoms with van der Waals surface area (Å²) < 4.78 is 96.0. The molecule has 0 saturated carbocycles. The molecule has 0 bridgehead atoms. The minimum atomic E-state index is -0.465. The molecule has 0 radical (unpaired) electrons. The largest absolute Gasteiger partial charge is 0.310 e. The molecule has 0 fully saturated rings. The highest BCUT2D eigenvalue weighted by Crippen LogP contribution is 2.57. The molecule has 4 heterocycles. The summed E-state index contributed by atoms with van der Waals surface area (Å²) >= 11 is 0. The molecule has 76 heavy (non-hydrogen) atoms. The maximum Gasteiger partial charge on any atom is 0.0645 e. The highest BCUT2D eigenvalue weighted by atomic mass is 15.2. The number of aromatic nitrogens is 2. The molecule has 362 valence electrons. The van der Waals surface area contributed by atoms with Crippen LogP contribution < -0.4 is 9.80 Å². The van der Waals surface area contributed by atoms with E-state index < -0.39 is 36.3 Å². The Labute approximate surface area is 456 Å². The Morgan fingerprint density at radius 2 is 0.697 bits per heavy atom. The molecule has 0 N–H and O–H groups in total. The van der Waals surface area contributed by atoms with Crippen molar-refractivity contribution in [3.05, 3.63) is 254 Å². The fraction of sp³-hybridized carbons (Fsp3) is 0.0833. The molecule has 0 spiro atoms. The van der Waals surface area contributed by atoms with Gasteiger partial charge in [0.05, 0.1) is 58.2 Å². The first-order valence-electron chi connectivity index (χ1n) is 31.0. The highest BCUT2D eigenvalue weighted by Gasteiger charge is 2.33. The van der Waals surface area contributed by atoms with Crippen LogP contribution in [0.4, 0.5) is 34.1 Å². The third kappa shape index (κ3) is 6.37. The van der Waals surface area contributed by atoms with Crippen LogP contribution in [0.5, 0.6) is 0 Å². The van der Waals surface area contributed by atoms with Gasteiger partial charge >= 0.3 is 0 Å². The molecule has 11 aromatic carbocycles. The van der Waals surface area contributed by atoms with Gasteiger partial charge in [-0.15, -0.1) is 0 Å². The van der Waals surface area contributed by atoms with Crippen LogP contribution in [0.15, 0.2) is 242 Å². The Morgan fingerprint density at radius 3 is 1.08 bits per heavy atom. The summed E-state index contributed by atoms with van der Waals surface area (Å²) in [5.74, 6) is 0.449. The van der Waals surface area contributed by atoms with E-state index in [1.807, 2.05) is 94.7 Å².